The van der Waals surface area contributed by atoms with Crippen molar-refractivity contribution in [3.8, 4) is 17.5 Å². The van der Waals surface area contributed by atoms with Gasteiger partial charge in [0.2, 0.25) is 0 Å². The molecular weight excluding hydrogens is 517 g/mol. The molecule has 1 fully saturated rings. The van der Waals surface area contributed by atoms with E-state index in [1.54, 1.807) is 35.3 Å². The molecule has 0 unspecified atom stereocenters. The summed E-state index contributed by atoms with van der Waals surface area (Å²) in [6, 6.07) is 8.89. The largest absolute Gasteiger partial charge is 0.351 e. The number of hydrogen-bond acceptors (Lipinski definition) is 6. The van der Waals surface area contributed by atoms with Gasteiger partial charge in [-0.3, -0.25) is 15.0 Å². The van der Waals surface area contributed by atoms with Gasteiger partial charge < -0.3 is 15.6 Å². The van der Waals surface area contributed by atoms with Gasteiger partial charge in [-0.2, -0.15) is 0 Å². The van der Waals surface area contributed by atoms with E-state index in [9.17, 15) is 14.0 Å². The lowest BCUT2D eigenvalue weighted by molar-refractivity contribution is 0.102. The summed E-state index contributed by atoms with van der Waals surface area (Å²) < 4.78 is 16.3. The van der Waals surface area contributed by atoms with Gasteiger partial charge in [0.1, 0.15) is 5.82 Å². The third-order valence-corrected chi connectivity index (χ3v) is 7.04. The highest BCUT2D eigenvalue weighted by Gasteiger charge is 2.15. The Bertz CT molecular complexity index is 1590. The van der Waals surface area contributed by atoms with E-state index in [2.05, 4.69) is 37.3 Å². The summed E-state index contributed by atoms with van der Waals surface area (Å²) in [5, 5.41) is 5.60. The van der Waals surface area contributed by atoms with E-state index < -0.39 is 17.8 Å². The van der Waals surface area contributed by atoms with Crippen LogP contribution in [0.15, 0.2) is 55.1 Å². The fourth-order valence-electron chi connectivity index (χ4n) is 4.27. The molecule has 0 radical (unpaired) electrons. The Kier molecular flexibility index (Phi) is 7.67. The van der Waals surface area contributed by atoms with Crippen LogP contribution in [0.1, 0.15) is 44.9 Å². The molecule has 0 atom stereocenters. The van der Waals surface area contributed by atoms with Gasteiger partial charge in [0.15, 0.2) is 5.13 Å². The van der Waals surface area contributed by atoms with E-state index in [1.807, 2.05) is 19.2 Å². The average Bonchev–Trinajstić information content (AvgIpc) is 3.67. The first-order valence-corrected chi connectivity index (χ1v) is 13.2. The monoisotopic (exact) mass is 543 g/mol. The molecular formula is C28H26FN7O2S. The van der Waals surface area contributed by atoms with Crippen LogP contribution in [-0.2, 0) is 6.54 Å². The zero-order valence-electron chi connectivity index (χ0n) is 21.2. The van der Waals surface area contributed by atoms with Crippen LogP contribution in [0.3, 0.4) is 0 Å². The molecule has 1 aliphatic rings. The van der Waals surface area contributed by atoms with Crippen LogP contribution < -0.4 is 16.4 Å². The van der Waals surface area contributed by atoms with E-state index in [1.165, 1.54) is 36.3 Å². The molecule has 1 saturated heterocycles. The number of carbonyl (C=O) groups excluding carboxylic acids is 2. The van der Waals surface area contributed by atoms with Gasteiger partial charge >= 0.3 is 6.03 Å². The SMILES string of the molecule is Cc1ccc(NC(=O)c2cc(F)cc(-n3cnc(CN4CCCC4)c3)c2)cc1C#Cc1cnc(NC(N)=O)s1. The number of primary amides is 1. The number of likely N-dealkylation sites (tertiary alicyclic amines) is 1. The number of anilines is 2. The van der Waals surface area contributed by atoms with E-state index in [0.29, 0.717) is 26.9 Å². The van der Waals surface area contributed by atoms with Crippen LogP contribution in [0.2, 0.25) is 0 Å². The summed E-state index contributed by atoms with van der Waals surface area (Å²) >= 11 is 1.20. The highest BCUT2D eigenvalue weighted by atomic mass is 32.1. The number of nitrogens with two attached hydrogens (primary N) is 1. The van der Waals surface area contributed by atoms with Crippen molar-refractivity contribution in [1.29, 1.82) is 0 Å². The van der Waals surface area contributed by atoms with Crippen LogP contribution in [0.5, 0.6) is 0 Å². The predicted octanol–water partition coefficient (Wildman–Crippen LogP) is 4.51. The number of urea groups is 1. The number of aryl methyl sites for hydroxylation is 1. The standard InChI is InChI=1S/C28H26FN7O2S/c1-18-4-6-22(11-19(18)5-7-25-14-31-28(39-25)34-27(30)38)33-26(37)20-10-21(29)13-24(12-20)36-16-23(32-17-36)15-35-8-2-3-9-35/h4,6,10-14,16-17H,2-3,8-9,15H2,1H3,(H,33,37)(H3,30,31,34,38). The molecule has 11 heteroatoms. The normalized spacial score (nSPS) is 13.1. The van der Waals surface area contributed by atoms with Crippen molar-refractivity contribution in [3.05, 3.63) is 88.2 Å². The number of imidazole rings is 1. The first kappa shape index (κ1) is 26.1. The van der Waals surface area contributed by atoms with Crippen molar-refractivity contribution in [2.75, 3.05) is 23.7 Å². The summed E-state index contributed by atoms with van der Waals surface area (Å²) in [5.74, 6) is 5.11. The maximum absolute atomic E-state index is 14.5. The molecule has 4 aromatic rings. The lowest BCUT2D eigenvalue weighted by Crippen LogP contribution is -2.18. The predicted molar refractivity (Wildman–Crippen MR) is 148 cm³/mol. The Balaban J connectivity index is 1.30. The van der Waals surface area contributed by atoms with Gasteiger partial charge in [0.25, 0.3) is 5.91 Å². The lowest BCUT2D eigenvalue weighted by atomic mass is 10.1. The molecule has 0 aliphatic carbocycles. The van der Waals surface area contributed by atoms with Gasteiger partial charge in [-0.25, -0.2) is 19.2 Å². The number of nitrogens with one attached hydrogen (secondary N) is 2. The van der Waals surface area contributed by atoms with Crippen molar-refractivity contribution in [2.24, 2.45) is 5.73 Å². The van der Waals surface area contributed by atoms with Crippen molar-refractivity contribution in [1.82, 2.24) is 19.4 Å². The molecule has 0 bridgehead atoms. The van der Waals surface area contributed by atoms with E-state index in [0.717, 1.165) is 30.9 Å². The van der Waals surface area contributed by atoms with Crippen molar-refractivity contribution >= 4 is 34.1 Å². The molecule has 3 amide bonds. The second-order valence-corrected chi connectivity index (χ2v) is 10.2. The average molecular weight is 544 g/mol. The molecule has 39 heavy (non-hydrogen) atoms. The molecule has 2 aromatic carbocycles. The number of aromatic nitrogens is 3. The topological polar surface area (TPSA) is 118 Å². The quantitative estimate of drug-likeness (QED) is 0.309. The third-order valence-electron chi connectivity index (χ3n) is 6.21. The van der Waals surface area contributed by atoms with Gasteiger partial charge in [-0.05, 0) is 74.7 Å². The number of benzene rings is 2. The number of rotatable bonds is 6. The Morgan fingerprint density at radius 3 is 2.72 bits per heavy atom. The van der Waals surface area contributed by atoms with Crippen molar-refractivity contribution in [2.45, 2.75) is 26.3 Å². The maximum Gasteiger partial charge on any atom is 0.318 e. The highest BCUT2D eigenvalue weighted by Crippen LogP contribution is 2.21. The summed E-state index contributed by atoms with van der Waals surface area (Å²) in [6.45, 7) is 4.78. The Morgan fingerprint density at radius 2 is 1.92 bits per heavy atom. The maximum atomic E-state index is 14.5. The van der Waals surface area contributed by atoms with Gasteiger partial charge in [0.05, 0.1) is 28.8 Å². The first-order valence-electron chi connectivity index (χ1n) is 12.3. The summed E-state index contributed by atoms with van der Waals surface area (Å²) in [6.07, 6.45) is 7.45. The lowest BCUT2D eigenvalue weighted by Gasteiger charge is -2.12. The van der Waals surface area contributed by atoms with E-state index >= 15 is 0 Å². The van der Waals surface area contributed by atoms with Crippen molar-refractivity contribution < 1.29 is 14.0 Å². The molecule has 198 valence electrons. The Morgan fingerprint density at radius 1 is 1.10 bits per heavy atom. The third kappa shape index (κ3) is 6.67. The smallest absolute Gasteiger partial charge is 0.318 e. The second kappa shape index (κ2) is 11.5. The number of nitrogens with zero attached hydrogens (tertiary/aromatic N) is 4. The number of carbonyl (C=O) groups is 2. The number of halogens is 1. The number of thiazole rings is 1. The number of hydrogen-bond donors (Lipinski definition) is 3. The molecule has 0 saturated carbocycles. The molecule has 4 N–H and O–H groups in total. The molecule has 5 rings (SSSR count). The van der Waals surface area contributed by atoms with Gasteiger partial charge in [-0.1, -0.05) is 23.3 Å². The number of amides is 3. The minimum atomic E-state index is -0.694. The summed E-state index contributed by atoms with van der Waals surface area (Å²) in [5.41, 5.74) is 8.86. The van der Waals surface area contributed by atoms with Crippen LogP contribution in [0, 0.1) is 24.6 Å². The summed E-state index contributed by atoms with van der Waals surface area (Å²) in [7, 11) is 0. The fourth-order valence-corrected chi connectivity index (χ4v) is 4.95. The second-order valence-electron chi connectivity index (χ2n) is 9.21. The van der Waals surface area contributed by atoms with E-state index in [-0.39, 0.29) is 5.56 Å². The minimum absolute atomic E-state index is 0.187. The molecule has 2 aromatic heterocycles. The zero-order valence-corrected chi connectivity index (χ0v) is 22.0. The van der Waals surface area contributed by atoms with E-state index in [4.69, 9.17) is 5.73 Å². The summed E-state index contributed by atoms with van der Waals surface area (Å²) in [4.78, 5) is 35.5. The van der Waals surface area contributed by atoms with Crippen LogP contribution in [0.4, 0.5) is 20.0 Å². The first-order chi connectivity index (χ1) is 18.8. The van der Waals surface area contributed by atoms with Crippen LogP contribution in [-0.4, -0.2) is 44.5 Å². The zero-order chi connectivity index (χ0) is 27.4. The minimum Gasteiger partial charge on any atom is -0.351 e. The Hall–Kier alpha value is -4.53. The highest BCUT2D eigenvalue weighted by molar-refractivity contribution is 7.16. The fraction of sp³-hybridized carbons (Fsp3) is 0.214. The van der Waals surface area contributed by atoms with Gasteiger partial charge in [-0.15, -0.1) is 0 Å². The molecule has 0 spiro atoms. The van der Waals surface area contributed by atoms with Crippen LogP contribution in [0.25, 0.3) is 5.69 Å². The molecule has 9 nitrogen and oxygen atoms in total. The Labute approximate surface area is 228 Å². The molecule has 1 aliphatic heterocycles. The van der Waals surface area contributed by atoms with Gasteiger partial charge in [0, 0.05) is 29.6 Å². The van der Waals surface area contributed by atoms with Crippen LogP contribution >= 0.6 is 11.3 Å². The van der Waals surface area contributed by atoms with Crippen molar-refractivity contribution in [3.63, 3.8) is 0 Å². The molecule has 3 heterocycles.